The smallest absolute Gasteiger partial charge is 0.244 e. The first-order valence-corrected chi connectivity index (χ1v) is 8.34. The van der Waals surface area contributed by atoms with Gasteiger partial charge in [0.05, 0.1) is 14.2 Å². The summed E-state index contributed by atoms with van der Waals surface area (Å²) in [5.41, 5.74) is 1.99. The Morgan fingerprint density at radius 2 is 1.54 bits per heavy atom. The van der Waals surface area contributed by atoms with E-state index in [1.54, 1.807) is 20.3 Å². The largest absolute Gasteiger partial charge is 0.497 e. The fourth-order valence-corrected chi connectivity index (χ4v) is 2.64. The Morgan fingerprint density at radius 3 is 2.27 bits per heavy atom. The van der Waals surface area contributed by atoms with Crippen LogP contribution in [0, 0.1) is 0 Å². The molecule has 1 N–H and O–H groups in total. The number of methoxy groups -OCH3 is 2. The zero-order valence-electron chi connectivity index (χ0n) is 14.9. The highest BCUT2D eigenvalue weighted by atomic mass is 16.5. The van der Waals surface area contributed by atoms with E-state index < -0.39 is 0 Å². The fraction of sp³-hybridized carbons (Fsp3) is 0.136. The zero-order valence-corrected chi connectivity index (χ0v) is 14.9. The highest BCUT2D eigenvalue weighted by Gasteiger charge is 2.00. The van der Waals surface area contributed by atoms with Gasteiger partial charge in [0.1, 0.15) is 11.5 Å². The van der Waals surface area contributed by atoms with Crippen molar-refractivity contribution in [1.82, 2.24) is 5.32 Å². The lowest BCUT2D eigenvalue weighted by Crippen LogP contribution is -2.20. The molecular formula is C22H21NO3. The Hall–Kier alpha value is -3.27. The Bertz CT molecular complexity index is 930. The van der Waals surface area contributed by atoms with Crippen LogP contribution < -0.4 is 14.8 Å². The van der Waals surface area contributed by atoms with Crippen LogP contribution in [0.25, 0.3) is 16.8 Å². The molecule has 0 aliphatic heterocycles. The minimum atomic E-state index is -0.129. The first-order valence-electron chi connectivity index (χ1n) is 8.34. The van der Waals surface area contributed by atoms with Crippen molar-refractivity contribution in [1.29, 1.82) is 0 Å². The number of hydrogen-bond acceptors (Lipinski definition) is 3. The van der Waals surface area contributed by atoms with Crippen LogP contribution in [-0.2, 0) is 11.3 Å². The van der Waals surface area contributed by atoms with Crippen molar-refractivity contribution in [2.75, 3.05) is 14.2 Å². The summed E-state index contributed by atoms with van der Waals surface area (Å²) in [7, 11) is 3.29. The maximum Gasteiger partial charge on any atom is 0.244 e. The van der Waals surface area contributed by atoms with E-state index in [9.17, 15) is 4.79 Å². The molecule has 0 fully saturated rings. The van der Waals surface area contributed by atoms with Crippen LogP contribution in [0.1, 0.15) is 11.1 Å². The van der Waals surface area contributed by atoms with Crippen molar-refractivity contribution in [3.63, 3.8) is 0 Å². The van der Waals surface area contributed by atoms with E-state index in [1.165, 1.54) is 0 Å². The van der Waals surface area contributed by atoms with Crippen molar-refractivity contribution in [3.8, 4) is 11.5 Å². The minimum absolute atomic E-state index is 0.129. The van der Waals surface area contributed by atoms with Crippen molar-refractivity contribution < 1.29 is 14.3 Å². The summed E-state index contributed by atoms with van der Waals surface area (Å²) in [6, 6.07) is 19.6. The lowest BCUT2D eigenvalue weighted by molar-refractivity contribution is -0.116. The van der Waals surface area contributed by atoms with Crippen LogP contribution >= 0.6 is 0 Å². The number of carbonyl (C=O) groups is 1. The number of benzene rings is 3. The molecule has 0 heterocycles. The third-order valence-corrected chi connectivity index (χ3v) is 4.12. The van der Waals surface area contributed by atoms with Gasteiger partial charge in [-0.2, -0.15) is 0 Å². The molecule has 4 heteroatoms. The van der Waals surface area contributed by atoms with Crippen molar-refractivity contribution in [3.05, 3.63) is 77.9 Å². The Kier molecular flexibility index (Phi) is 5.54. The molecule has 3 aromatic rings. The summed E-state index contributed by atoms with van der Waals surface area (Å²) in [6.07, 6.45) is 3.36. The van der Waals surface area contributed by atoms with E-state index in [2.05, 4.69) is 5.32 Å². The van der Waals surface area contributed by atoms with Gasteiger partial charge in [-0.05, 0) is 58.3 Å². The molecule has 0 unspecified atom stereocenters. The van der Waals surface area contributed by atoms with Gasteiger partial charge >= 0.3 is 0 Å². The number of fused-ring (bicyclic) bond motifs is 1. The average Bonchev–Trinajstić information content (AvgIpc) is 2.70. The first kappa shape index (κ1) is 17.5. The molecule has 1 amide bonds. The highest BCUT2D eigenvalue weighted by Crippen LogP contribution is 2.22. The number of ether oxygens (including phenoxy) is 2. The number of carbonyl (C=O) groups excluding carboxylic acids is 1. The molecule has 4 nitrogen and oxygen atoms in total. The lowest BCUT2D eigenvalue weighted by Gasteiger charge is -2.05. The second-order valence-corrected chi connectivity index (χ2v) is 5.87. The number of hydrogen-bond donors (Lipinski definition) is 1. The van der Waals surface area contributed by atoms with E-state index in [1.807, 2.05) is 66.7 Å². The molecule has 0 spiro atoms. The van der Waals surface area contributed by atoms with Crippen LogP contribution in [0.15, 0.2) is 66.7 Å². The number of nitrogens with one attached hydrogen (secondary N) is 1. The van der Waals surface area contributed by atoms with Gasteiger partial charge in [-0.1, -0.05) is 30.3 Å². The van der Waals surface area contributed by atoms with Crippen molar-refractivity contribution >= 4 is 22.8 Å². The van der Waals surface area contributed by atoms with Crippen molar-refractivity contribution in [2.24, 2.45) is 0 Å². The molecule has 0 saturated heterocycles. The molecule has 0 aliphatic rings. The van der Waals surface area contributed by atoms with E-state index in [0.717, 1.165) is 33.4 Å². The molecule has 0 radical (unpaired) electrons. The van der Waals surface area contributed by atoms with Gasteiger partial charge in [0.25, 0.3) is 0 Å². The molecular weight excluding hydrogens is 326 g/mol. The van der Waals surface area contributed by atoms with E-state index in [-0.39, 0.29) is 5.91 Å². The predicted octanol–water partition coefficient (Wildman–Crippen LogP) is 4.19. The van der Waals surface area contributed by atoms with Gasteiger partial charge in [-0.15, -0.1) is 0 Å². The minimum Gasteiger partial charge on any atom is -0.497 e. The summed E-state index contributed by atoms with van der Waals surface area (Å²) in [5, 5.41) is 5.08. The molecule has 132 valence electrons. The maximum atomic E-state index is 12.0. The van der Waals surface area contributed by atoms with Gasteiger partial charge in [0, 0.05) is 12.6 Å². The molecule has 0 saturated carbocycles. The highest BCUT2D eigenvalue weighted by molar-refractivity contribution is 5.93. The Labute approximate surface area is 153 Å². The van der Waals surface area contributed by atoms with Gasteiger partial charge in [-0.25, -0.2) is 0 Å². The molecule has 26 heavy (non-hydrogen) atoms. The summed E-state index contributed by atoms with van der Waals surface area (Å²) in [5.74, 6) is 1.50. The van der Waals surface area contributed by atoms with Crippen LogP contribution in [0.4, 0.5) is 0 Å². The third-order valence-electron chi connectivity index (χ3n) is 4.12. The third kappa shape index (κ3) is 4.42. The summed E-state index contributed by atoms with van der Waals surface area (Å²) >= 11 is 0. The normalized spacial score (nSPS) is 10.8. The molecule has 0 aromatic heterocycles. The van der Waals surface area contributed by atoms with E-state index >= 15 is 0 Å². The first-order chi connectivity index (χ1) is 12.7. The van der Waals surface area contributed by atoms with Crippen LogP contribution in [0.5, 0.6) is 11.5 Å². The summed E-state index contributed by atoms with van der Waals surface area (Å²) in [6.45, 7) is 0.477. The topological polar surface area (TPSA) is 47.6 Å². The number of amides is 1. The Balaban J connectivity index is 1.61. The number of rotatable bonds is 6. The van der Waals surface area contributed by atoms with E-state index in [0.29, 0.717) is 6.54 Å². The van der Waals surface area contributed by atoms with Crippen LogP contribution in [0.3, 0.4) is 0 Å². The van der Waals surface area contributed by atoms with Crippen molar-refractivity contribution in [2.45, 2.75) is 6.54 Å². The van der Waals surface area contributed by atoms with Gasteiger partial charge in [-0.3, -0.25) is 4.79 Å². The summed E-state index contributed by atoms with van der Waals surface area (Å²) < 4.78 is 10.4. The zero-order chi connectivity index (χ0) is 18.4. The molecule has 0 bridgehead atoms. The summed E-state index contributed by atoms with van der Waals surface area (Å²) in [4.78, 5) is 12.0. The predicted molar refractivity (Wildman–Crippen MR) is 104 cm³/mol. The van der Waals surface area contributed by atoms with Crippen LogP contribution in [0.2, 0.25) is 0 Å². The molecule has 0 atom stereocenters. The standard InChI is InChI=1S/C22H21NO3/c1-25-20-9-4-17(5-10-20)15-23-22(24)12-6-16-3-7-19-14-21(26-2)11-8-18(19)13-16/h3-14H,15H2,1-2H3,(H,23,24)/b12-6+. The van der Waals surface area contributed by atoms with E-state index in [4.69, 9.17) is 9.47 Å². The molecule has 0 aliphatic carbocycles. The maximum absolute atomic E-state index is 12.0. The van der Waals surface area contributed by atoms with Gasteiger partial charge < -0.3 is 14.8 Å². The lowest BCUT2D eigenvalue weighted by atomic mass is 10.1. The molecule has 3 rings (SSSR count). The monoisotopic (exact) mass is 347 g/mol. The second kappa shape index (κ2) is 8.21. The quantitative estimate of drug-likeness (QED) is 0.680. The second-order valence-electron chi connectivity index (χ2n) is 5.87. The van der Waals surface area contributed by atoms with Gasteiger partial charge in [0.15, 0.2) is 0 Å². The average molecular weight is 347 g/mol. The van der Waals surface area contributed by atoms with Crippen LogP contribution in [-0.4, -0.2) is 20.1 Å². The SMILES string of the molecule is COc1ccc(CNC(=O)/C=C/c2ccc3cc(OC)ccc3c2)cc1. The van der Waals surface area contributed by atoms with Gasteiger partial charge in [0.2, 0.25) is 5.91 Å². The molecule has 3 aromatic carbocycles. The Morgan fingerprint density at radius 1 is 0.885 bits per heavy atom. The fourth-order valence-electron chi connectivity index (χ4n) is 2.64.